The van der Waals surface area contributed by atoms with Crippen LogP contribution < -0.4 is 4.74 Å². The second-order valence-corrected chi connectivity index (χ2v) is 12.7. The molecule has 1 unspecified atom stereocenters. The van der Waals surface area contributed by atoms with E-state index in [2.05, 4.69) is 20.3 Å². The summed E-state index contributed by atoms with van der Waals surface area (Å²) >= 11 is 6.37. The van der Waals surface area contributed by atoms with E-state index in [9.17, 15) is 14.3 Å². The van der Waals surface area contributed by atoms with Crippen LogP contribution in [0.2, 0.25) is 5.02 Å². The van der Waals surface area contributed by atoms with Crippen LogP contribution in [0.3, 0.4) is 0 Å². The van der Waals surface area contributed by atoms with E-state index in [0.29, 0.717) is 41.5 Å². The smallest absolute Gasteiger partial charge is 0.335 e. The average Bonchev–Trinajstić information content (AvgIpc) is 3.81. The van der Waals surface area contributed by atoms with Crippen LogP contribution >= 0.6 is 11.6 Å². The number of benzene rings is 2. The monoisotopic (exact) mass is 689 g/mol. The Kier molecular flexibility index (Phi) is 8.28. The number of carboxylic acid groups (broad SMARTS) is 1. The zero-order valence-corrected chi connectivity index (χ0v) is 26.8. The van der Waals surface area contributed by atoms with Gasteiger partial charge in [0, 0.05) is 35.2 Å². The molecule has 1 fully saturated rings. The minimum atomic E-state index is -1.09. The maximum Gasteiger partial charge on any atom is 0.335 e. The van der Waals surface area contributed by atoms with Crippen molar-refractivity contribution < 1.29 is 32.5 Å². The van der Waals surface area contributed by atoms with Crippen LogP contribution in [0, 0.1) is 22.9 Å². The largest absolute Gasteiger partial charge is 0.478 e. The normalized spacial score (nSPS) is 15.6. The minimum absolute atomic E-state index is 0.0167. The number of fused-ring (bicyclic) bond motifs is 1. The van der Waals surface area contributed by atoms with Gasteiger partial charge in [0.2, 0.25) is 0 Å². The molecule has 1 atom stereocenters. The first-order valence-electron chi connectivity index (χ1n) is 15.1. The molecule has 1 saturated heterocycles. The van der Waals surface area contributed by atoms with E-state index in [-0.39, 0.29) is 51.9 Å². The number of rotatable bonds is 9. The highest BCUT2D eigenvalue weighted by atomic mass is 35.5. The standard InChI is InChI=1S/C34H27ClF3N7O4/c1-34(2)17-48-16-29(34)45-28-10-18(33(46)47)3-5-27(28)41-31(45)11-19-9-25(38)21(12-24(19)37)26-6-4-23(36)32(42-26)49-15-20-14-39-30(13-22(20)35)44-8-7-40-43-44/h3-10,12-14,29H,11,15-17H2,1-2H3,(H,46,47). The van der Waals surface area contributed by atoms with E-state index >= 15 is 8.78 Å². The van der Waals surface area contributed by atoms with Crippen LogP contribution in [0.5, 0.6) is 5.88 Å². The van der Waals surface area contributed by atoms with Crippen LogP contribution in [0.4, 0.5) is 13.2 Å². The summed E-state index contributed by atoms with van der Waals surface area (Å²) in [4.78, 5) is 24.8. The summed E-state index contributed by atoms with van der Waals surface area (Å²) in [7, 11) is 0. The van der Waals surface area contributed by atoms with Crippen LogP contribution in [-0.2, 0) is 17.8 Å². The summed E-state index contributed by atoms with van der Waals surface area (Å²) in [6.07, 6.45) is 4.42. The fourth-order valence-electron chi connectivity index (χ4n) is 5.85. The molecule has 0 saturated carbocycles. The number of aromatic nitrogens is 7. The maximum absolute atomic E-state index is 15.7. The number of halogens is 4. The van der Waals surface area contributed by atoms with Gasteiger partial charge in [-0.05, 0) is 48.0 Å². The Morgan fingerprint density at radius 3 is 2.61 bits per heavy atom. The Balaban J connectivity index is 1.17. The van der Waals surface area contributed by atoms with Gasteiger partial charge in [-0.3, -0.25) is 0 Å². The Morgan fingerprint density at radius 1 is 1.06 bits per heavy atom. The summed E-state index contributed by atoms with van der Waals surface area (Å²) in [5.74, 6) is -3.03. The Bertz CT molecular complexity index is 2230. The van der Waals surface area contributed by atoms with E-state index in [4.69, 9.17) is 26.1 Å². The average molecular weight is 690 g/mol. The number of ether oxygens (including phenoxy) is 2. The van der Waals surface area contributed by atoms with Crippen molar-refractivity contribution in [3.63, 3.8) is 0 Å². The first-order chi connectivity index (χ1) is 23.5. The lowest BCUT2D eigenvalue weighted by Gasteiger charge is -2.28. The molecule has 2 aromatic carbocycles. The van der Waals surface area contributed by atoms with E-state index < -0.39 is 29.3 Å². The van der Waals surface area contributed by atoms with Crippen molar-refractivity contribution in [1.82, 2.24) is 34.5 Å². The predicted octanol–water partition coefficient (Wildman–Crippen LogP) is 6.61. The summed E-state index contributed by atoms with van der Waals surface area (Å²) in [6.45, 7) is 4.64. The number of carboxylic acids is 1. The highest BCUT2D eigenvalue weighted by Crippen LogP contribution is 2.41. The lowest BCUT2D eigenvalue weighted by atomic mass is 9.87. The first kappa shape index (κ1) is 32.2. The summed E-state index contributed by atoms with van der Waals surface area (Å²) in [6, 6.07) is 10.2. The fourth-order valence-corrected chi connectivity index (χ4v) is 6.05. The van der Waals surface area contributed by atoms with Gasteiger partial charge in [0.05, 0.1) is 59.0 Å². The van der Waals surface area contributed by atoms with Gasteiger partial charge >= 0.3 is 5.97 Å². The molecule has 1 aliphatic rings. The molecule has 49 heavy (non-hydrogen) atoms. The van der Waals surface area contributed by atoms with E-state index in [1.165, 1.54) is 35.3 Å². The summed E-state index contributed by atoms with van der Waals surface area (Å²) in [5, 5.41) is 17.5. The van der Waals surface area contributed by atoms with Gasteiger partial charge in [-0.2, -0.15) is 0 Å². The highest BCUT2D eigenvalue weighted by molar-refractivity contribution is 6.31. The molecule has 1 N–H and O–H groups in total. The fraction of sp³-hybridized carbons (Fsp3) is 0.235. The van der Waals surface area contributed by atoms with Crippen LogP contribution in [0.1, 0.15) is 47.2 Å². The maximum atomic E-state index is 15.7. The molecule has 1 aliphatic heterocycles. The molecule has 5 heterocycles. The Labute approximate surface area is 281 Å². The van der Waals surface area contributed by atoms with Crippen molar-refractivity contribution >= 4 is 28.6 Å². The molecule has 0 radical (unpaired) electrons. The quantitative estimate of drug-likeness (QED) is 0.178. The van der Waals surface area contributed by atoms with Crippen LogP contribution in [0.15, 0.2) is 67.1 Å². The molecule has 0 spiro atoms. The Hall–Kier alpha value is -5.34. The van der Waals surface area contributed by atoms with E-state index in [1.54, 1.807) is 18.3 Å². The van der Waals surface area contributed by atoms with Gasteiger partial charge in [-0.15, -0.1) is 5.10 Å². The molecule has 0 amide bonds. The molecule has 6 aromatic rings. The molecular weight excluding hydrogens is 663 g/mol. The van der Waals surface area contributed by atoms with Gasteiger partial charge in [0.25, 0.3) is 5.88 Å². The van der Waals surface area contributed by atoms with Gasteiger partial charge in [-0.1, -0.05) is 30.7 Å². The molecule has 11 nitrogen and oxygen atoms in total. The van der Waals surface area contributed by atoms with Gasteiger partial charge in [-0.25, -0.2) is 37.6 Å². The van der Waals surface area contributed by atoms with E-state index in [0.717, 1.165) is 18.2 Å². The molecule has 250 valence electrons. The molecule has 4 aromatic heterocycles. The first-order valence-corrected chi connectivity index (χ1v) is 15.5. The molecule has 0 bridgehead atoms. The van der Waals surface area contributed by atoms with Crippen molar-refractivity contribution in [2.75, 3.05) is 13.2 Å². The third-order valence-electron chi connectivity index (χ3n) is 8.48. The minimum Gasteiger partial charge on any atom is -0.478 e. The molecule has 15 heteroatoms. The SMILES string of the molecule is CC1(C)COCC1n1c(Cc2cc(F)c(-c3ccc(F)c(OCc4cnc(-n5ccnn5)cc4Cl)n3)cc2F)nc2ccc(C(=O)O)cc21. The van der Waals surface area contributed by atoms with Gasteiger partial charge in [0.15, 0.2) is 11.6 Å². The summed E-state index contributed by atoms with van der Waals surface area (Å²) in [5.41, 5.74) is 1.01. The number of carbonyl (C=O) groups is 1. The topological polar surface area (TPSA) is 130 Å². The lowest BCUT2D eigenvalue weighted by Crippen LogP contribution is -2.27. The third-order valence-corrected chi connectivity index (χ3v) is 8.84. The number of aromatic carboxylic acids is 1. The Morgan fingerprint density at radius 2 is 1.90 bits per heavy atom. The number of hydrogen-bond acceptors (Lipinski definition) is 8. The van der Waals surface area contributed by atoms with Crippen molar-refractivity contribution in [3.8, 4) is 23.0 Å². The zero-order chi connectivity index (χ0) is 34.4. The summed E-state index contributed by atoms with van der Waals surface area (Å²) < 4.78 is 60.8. The molecule has 0 aliphatic carbocycles. The van der Waals surface area contributed by atoms with Crippen LogP contribution in [-0.4, -0.2) is 58.8 Å². The van der Waals surface area contributed by atoms with E-state index in [1.807, 2.05) is 18.4 Å². The van der Waals surface area contributed by atoms with Crippen molar-refractivity contribution in [3.05, 3.63) is 112 Å². The van der Waals surface area contributed by atoms with Crippen molar-refractivity contribution in [2.24, 2.45) is 5.41 Å². The van der Waals surface area contributed by atoms with Crippen molar-refractivity contribution in [1.29, 1.82) is 0 Å². The van der Waals surface area contributed by atoms with Gasteiger partial charge in [0.1, 0.15) is 24.1 Å². The second kappa shape index (κ2) is 12.6. The molecule has 7 rings (SSSR count). The number of imidazole rings is 1. The van der Waals surface area contributed by atoms with Crippen LogP contribution in [0.25, 0.3) is 28.1 Å². The number of pyridine rings is 2. The lowest BCUT2D eigenvalue weighted by molar-refractivity contribution is 0.0697. The third kappa shape index (κ3) is 6.20. The molecular formula is C34H27ClF3N7O4. The highest BCUT2D eigenvalue weighted by Gasteiger charge is 2.39. The zero-order valence-electron chi connectivity index (χ0n) is 26.1. The predicted molar refractivity (Wildman–Crippen MR) is 171 cm³/mol. The number of nitrogens with zero attached hydrogens (tertiary/aromatic N) is 7. The number of hydrogen-bond donors (Lipinski definition) is 1. The van der Waals surface area contributed by atoms with Crippen molar-refractivity contribution in [2.45, 2.75) is 32.9 Å². The van der Waals surface area contributed by atoms with Gasteiger partial charge < -0.3 is 19.1 Å². The second-order valence-electron chi connectivity index (χ2n) is 12.3.